The van der Waals surface area contributed by atoms with Crippen molar-refractivity contribution in [3.63, 3.8) is 0 Å². The van der Waals surface area contributed by atoms with Crippen molar-refractivity contribution >= 4 is 27.5 Å². The molecule has 8 heteroatoms. The molecule has 190 valence electrons. The molecular formula is C27H37N3O4S. The number of rotatable bonds is 10. The van der Waals surface area contributed by atoms with Gasteiger partial charge in [-0.3, -0.25) is 13.9 Å². The minimum atomic E-state index is -3.73. The van der Waals surface area contributed by atoms with Crippen LogP contribution in [0.2, 0.25) is 0 Å². The highest BCUT2D eigenvalue weighted by Crippen LogP contribution is 2.24. The number of carbonyl (C=O) groups is 2. The normalized spacial score (nSPS) is 15.0. The van der Waals surface area contributed by atoms with Gasteiger partial charge in [-0.25, -0.2) is 8.42 Å². The average molecular weight is 500 g/mol. The Morgan fingerprint density at radius 1 is 1.03 bits per heavy atom. The van der Waals surface area contributed by atoms with Crippen LogP contribution in [0.15, 0.2) is 48.5 Å². The third-order valence-electron chi connectivity index (χ3n) is 6.62. The molecule has 2 amide bonds. The molecule has 2 aromatic carbocycles. The second-order valence-corrected chi connectivity index (χ2v) is 11.4. The largest absolute Gasteiger partial charge is 0.352 e. The molecule has 1 fully saturated rings. The van der Waals surface area contributed by atoms with E-state index in [1.807, 2.05) is 57.2 Å². The minimum absolute atomic E-state index is 0.132. The van der Waals surface area contributed by atoms with Crippen LogP contribution in [-0.2, 0) is 26.2 Å². The number of anilines is 1. The van der Waals surface area contributed by atoms with E-state index >= 15 is 0 Å². The summed E-state index contributed by atoms with van der Waals surface area (Å²) < 4.78 is 26.6. The second kappa shape index (κ2) is 11.7. The number of aryl methyl sites for hydroxylation is 2. The number of hydrogen-bond acceptors (Lipinski definition) is 4. The van der Waals surface area contributed by atoms with Crippen LogP contribution < -0.4 is 9.62 Å². The van der Waals surface area contributed by atoms with Gasteiger partial charge in [0.1, 0.15) is 12.6 Å². The fourth-order valence-corrected chi connectivity index (χ4v) is 5.52. The van der Waals surface area contributed by atoms with E-state index < -0.39 is 22.0 Å². The Kier molecular flexibility index (Phi) is 8.94. The summed E-state index contributed by atoms with van der Waals surface area (Å²) in [6.45, 7) is 5.53. The number of para-hydroxylation sites is 1. The Bertz CT molecular complexity index is 1130. The van der Waals surface area contributed by atoms with Crippen LogP contribution in [-0.4, -0.2) is 50.0 Å². The van der Waals surface area contributed by atoms with Gasteiger partial charge in [0.2, 0.25) is 21.8 Å². The summed E-state index contributed by atoms with van der Waals surface area (Å²) in [5.74, 6) is -0.589. The van der Waals surface area contributed by atoms with Crippen molar-refractivity contribution in [1.29, 1.82) is 0 Å². The standard InChI is InChI=1S/C27H37N3O4S/c1-5-24(27(32)28-23-11-7-8-12-23)29(18-22-16-14-20(2)15-17-22)26(31)19-30(35(4,33)34)25-13-9-6-10-21(25)3/h6,9-10,13-17,23-24H,5,7-8,11-12,18-19H2,1-4H3,(H,28,32). The van der Waals surface area contributed by atoms with E-state index in [2.05, 4.69) is 5.32 Å². The molecule has 0 radical (unpaired) electrons. The zero-order chi connectivity index (χ0) is 25.6. The molecule has 0 saturated heterocycles. The predicted octanol–water partition coefficient (Wildman–Crippen LogP) is 3.94. The summed E-state index contributed by atoms with van der Waals surface area (Å²) in [4.78, 5) is 28.6. The van der Waals surface area contributed by atoms with E-state index in [1.165, 1.54) is 4.90 Å². The van der Waals surface area contributed by atoms with Crippen molar-refractivity contribution in [1.82, 2.24) is 10.2 Å². The van der Waals surface area contributed by atoms with Crippen molar-refractivity contribution in [2.45, 2.75) is 71.5 Å². The maximum absolute atomic E-state index is 13.7. The van der Waals surface area contributed by atoms with Gasteiger partial charge in [0.05, 0.1) is 11.9 Å². The molecule has 7 nitrogen and oxygen atoms in total. The Hall–Kier alpha value is -2.87. The van der Waals surface area contributed by atoms with Crippen LogP contribution >= 0.6 is 0 Å². The van der Waals surface area contributed by atoms with Gasteiger partial charge in [0.25, 0.3) is 0 Å². The molecular weight excluding hydrogens is 462 g/mol. The highest BCUT2D eigenvalue weighted by molar-refractivity contribution is 7.92. The fourth-order valence-electron chi connectivity index (χ4n) is 4.62. The van der Waals surface area contributed by atoms with Crippen molar-refractivity contribution in [2.24, 2.45) is 0 Å². The molecule has 1 atom stereocenters. The Morgan fingerprint density at radius 2 is 1.66 bits per heavy atom. The fraction of sp³-hybridized carbons (Fsp3) is 0.481. The molecule has 35 heavy (non-hydrogen) atoms. The van der Waals surface area contributed by atoms with Gasteiger partial charge >= 0.3 is 0 Å². The number of carbonyl (C=O) groups excluding carboxylic acids is 2. The second-order valence-electron chi connectivity index (χ2n) is 9.48. The molecule has 2 aromatic rings. The number of nitrogens with one attached hydrogen (secondary N) is 1. The number of benzene rings is 2. The van der Waals surface area contributed by atoms with Gasteiger partial charge < -0.3 is 10.2 Å². The summed E-state index contributed by atoms with van der Waals surface area (Å²) in [7, 11) is -3.73. The smallest absolute Gasteiger partial charge is 0.244 e. The summed E-state index contributed by atoms with van der Waals surface area (Å²) in [6, 6.07) is 14.3. The van der Waals surface area contributed by atoms with Gasteiger partial charge in [-0.1, -0.05) is 67.8 Å². The zero-order valence-electron chi connectivity index (χ0n) is 21.2. The first-order valence-electron chi connectivity index (χ1n) is 12.3. The van der Waals surface area contributed by atoms with Crippen molar-refractivity contribution in [3.8, 4) is 0 Å². The average Bonchev–Trinajstić information content (AvgIpc) is 3.31. The lowest BCUT2D eigenvalue weighted by Gasteiger charge is -2.33. The van der Waals surface area contributed by atoms with Crippen LogP contribution in [0.5, 0.6) is 0 Å². The predicted molar refractivity (Wildman–Crippen MR) is 140 cm³/mol. The van der Waals surface area contributed by atoms with E-state index in [0.717, 1.165) is 52.9 Å². The third kappa shape index (κ3) is 7.07. The molecule has 0 spiro atoms. The van der Waals surface area contributed by atoms with Crippen molar-refractivity contribution in [3.05, 3.63) is 65.2 Å². The van der Waals surface area contributed by atoms with Crippen LogP contribution in [0.3, 0.4) is 0 Å². The summed E-state index contributed by atoms with van der Waals surface area (Å²) in [5, 5.41) is 3.12. The topological polar surface area (TPSA) is 86.8 Å². The maximum atomic E-state index is 13.7. The monoisotopic (exact) mass is 499 g/mol. The van der Waals surface area contributed by atoms with E-state index in [0.29, 0.717) is 12.1 Å². The summed E-state index contributed by atoms with van der Waals surface area (Å²) in [6.07, 6.45) is 5.61. The molecule has 0 aromatic heterocycles. The van der Waals surface area contributed by atoms with Gasteiger partial charge in [-0.15, -0.1) is 0 Å². The number of nitrogens with zero attached hydrogens (tertiary/aromatic N) is 2. The molecule has 0 aliphatic heterocycles. The van der Waals surface area contributed by atoms with Crippen LogP contribution in [0.1, 0.15) is 55.7 Å². The summed E-state index contributed by atoms with van der Waals surface area (Å²) >= 11 is 0. The molecule has 0 bridgehead atoms. The van der Waals surface area contributed by atoms with Crippen LogP contribution in [0.4, 0.5) is 5.69 Å². The molecule has 1 aliphatic carbocycles. The molecule has 1 N–H and O–H groups in total. The first-order chi connectivity index (χ1) is 16.6. The number of sulfonamides is 1. The number of hydrogen-bond donors (Lipinski definition) is 1. The molecule has 1 saturated carbocycles. The van der Waals surface area contributed by atoms with Crippen LogP contribution in [0, 0.1) is 13.8 Å². The molecule has 1 unspecified atom stereocenters. The molecule has 1 aliphatic rings. The maximum Gasteiger partial charge on any atom is 0.244 e. The van der Waals surface area contributed by atoms with E-state index in [4.69, 9.17) is 0 Å². The minimum Gasteiger partial charge on any atom is -0.352 e. The van der Waals surface area contributed by atoms with Crippen LogP contribution in [0.25, 0.3) is 0 Å². The first-order valence-corrected chi connectivity index (χ1v) is 14.1. The van der Waals surface area contributed by atoms with E-state index in [-0.39, 0.29) is 25.0 Å². The van der Waals surface area contributed by atoms with Gasteiger partial charge in [-0.2, -0.15) is 0 Å². The summed E-state index contributed by atoms with van der Waals surface area (Å²) in [5.41, 5.74) is 3.20. The molecule has 3 rings (SSSR count). The Balaban J connectivity index is 1.92. The van der Waals surface area contributed by atoms with Crippen molar-refractivity contribution in [2.75, 3.05) is 17.1 Å². The van der Waals surface area contributed by atoms with E-state index in [1.54, 1.807) is 12.1 Å². The quantitative estimate of drug-likeness (QED) is 0.537. The highest BCUT2D eigenvalue weighted by atomic mass is 32.2. The third-order valence-corrected chi connectivity index (χ3v) is 7.75. The van der Waals surface area contributed by atoms with Gasteiger partial charge in [0, 0.05) is 12.6 Å². The van der Waals surface area contributed by atoms with Crippen molar-refractivity contribution < 1.29 is 18.0 Å². The molecule has 0 heterocycles. The lowest BCUT2D eigenvalue weighted by molar-refractivity contribution is -0.140. The lowest BCUT2D eigenvalue weighted by Crippen LogP contribution is -2.53. The van der Waals surface area contributed by atoms with Gasteiger partial charge in [-0.05, 0) is 50.3 Å². The Morgan fingerprint density at radius 3 is 2.23 bits per heavy atom. The highest BCUT2D eigenvalue weighted by Gasteiger charge is 2.33. The van der Waals surface area contributed by atoms with E-state index in [9.17, 15) is 18.0 Å². The SMILES string of the molecule is CCC(C(=O)NC1CCCC1)N(Cc1ccc(C)cc1)C(=O)CN(c1ccccc1C)S(C)(=O)=O. The Labute approximate surface area is 209 Å². The lowest BCUT2D eigenvalue weighted by atomic mass is 10.1. The van der Waals surface area contributed by atoms with Gasteiger partial charge in [0.15, 0.2) is 0 Å². The number of amides is 2. The first kappa shape index (κ1) is 26.7. The zero-order valence-corrected chi connectivity index (χ0v) is 22.0.